The number of epoxide rings is 1. The second-order valence-corrected chi connectivity index (χ2v) is 3.17. The van der Waals surface area contributed by atoms with Crippen LogP contribution >= 0.6 is 0 Å². The van der Waals surface area contributed by atoms with Gasteiger partial charge in [0.2, 0.25) is 0 Å². The minimum absolute atomic E-state index is 0.00685. The summed E-state index contributed by atoms with van der Waals surface area (Å²) in [5, 5.41) is 9.20. The second-order valence-electron chi connectivity index (χ2n) is 3.17. The number of ether oxygens (including phenoxy) is 1. The highest BCUT2D eigenvalue weighted by molar-refractivity contribution is 5.22. The Morgan fingerprint density at radius 1 is 1.33 bits per heavy atom. The lowest BCUT2D eigenvalue weighted by Gasteiger charge is -1.97. The van der Waals surface area contributed by atoms with E-state index in [0.717, 1.165) is 5.56 Å². The highest BCUT2D eigenvalue weighted by Gasteiger charge is 2.43. The zero-order chi connectivity index (χ0) is 8.55. The molecule has 64 valence electrons. The van der Waals surface area contributed by atoms with Crippen molar-refractivity contribution in [2.24, 2.45) is 0 Å². The number of hydrogen-bond donors (Lipinski definition) is 1. The van der Waals surface area contributed by atoms with Gasteiger partial charge in [0.15, 0.2) is 0 Å². The van der Waals surface area contributed by atoms with Gasteiger partial charge in [0.1, 0.15) is 12.2 Å². The summed E-state index contributed by atoms with van der Waals surface area (Å²) >= 11 is 0. The fourth-order valence-corrected chi connectivity index (χ4v) is 1.40. The SMILES string of the molecule is C[C@@H](O)[C@H]1O[C@H]1c1ccccc1. The standard InChI is InChI=1S/C10H12O2/c1-7(11)9-10(12-9)8-5-3-2-4-6-8/h2-7,9-11H,1H3/t7-,9-,10+/m1/s1. The molecule has 0 aliphatic carbocycles. The molecule has 0 aromatic heterocycles. The monoisotopic (exact) mass is 164 g/mol. The van der Waals surface area contributed by atoms with E-state index in [2.05, 4.69) is 0 Å². The third kappa shape index (κ3) is 1.36. The first kappa shape index (κ1) is 7.77. The maximum Gasteiger partial charge on any atom is 0.114 e. The number of benzene rings is 1. The maximum atomic E-state index is 9.20. The summed E-state index contributed by atoms with van der Waals surface area (Å²) in [5.41, 5.74) is 1.16. The van der Waals surface area contributed by atoms with Crippen LogP contribution in [0.4, 0.5) is 0 Å². The first-order valence-electron chi connectivity index (χ1n) is 4.17. The Labute approximate surface area is 71.8 Å². The Balaban J connectivity index is 2.06. The smallest absolute Gasteiger partial charge is 0.114 e. The van der Waals surface area contributed by atoms with E-state index in [1.165, 1.54) is 0 Å². The normalized spacial score (nSPS) is 29.8. The first-order chi connectivity index (χ1) is 5.79. The minimum atomic E-state index is -0.366. The molecule has 1 fully saturated rings. The van der Waals surface area contributed by atoms with Crippen LogP contribution in [-0.2, 0) is 4.74 Å². The van der Waals surface area contributed by atoms with Crippen molar-refractivity contribution < 1.29 is 9.84 Å². The molecule has 0 radical (unpaired) electrons. The fraction of sp³-hybridized carbons (Fsp3) is 0.400. The lowest BCUT2D eigenvalue weighted by atomic mass is 10.1. The molecular formula is C10H12O2. The lowest BCUT2D eigenvalue weighted by molar-refractivity contribution is 0.152. The van der Waals surface area contributed by atoms with E-state index in [1.54, 1.807) is 6.92 Å². The van der Waals surface area contributed by atoms with E-state index < -0.39 is 0 Å². The van der Waals surface area contributed by atoms with Crippen LogP contribution in [0.25, 0.3) is 0 Å². The summed E-state index contributed by atoms with van der Waals surface area (Å²) in [7, 11) is 0. The van der Waals surface area contributed by atoms with Gasteiger partial charge in [-0.3, -0.25) is 0 Å². The molecule has 1 aromatic rings. The Morgan fingerprint density at radius 2 is 2.00 bits per heavy atom. The summed E-state index contributed by atoms with van der Waals surface area (Å²) in [6.07, 6.45) is -0.242. The molecule has 0 unspecified atom stereocenters. The highest BCUT2D eigenvalue weighted by Crippen LogP contribution is 2.40. The fourth-order valence-electron chi connectivity index (χ4n) is 1.40. The van der Waals surface area contributed by atoms with Crippen LogP contribution in [0.3, 0.4) is 0 Å². The third-order valence-corrected chi connectivity index (χ3v) is 2.13. The average Bonchev–Trinajstić information content (AvgIpc) is 2.84. The quantitative estimate of drug-likeness (QED) is 0.672. The van der Waals surface area contributed by atoms with Crippen molar-refractivity contribution >= 4 is 0 Å². The molecule has 0 amide bonds. The van der Waals surface area contributed by atoms with Crippen LogP contribution in [-0.4, -0.2) is 17.3 Å². The molecular weight excluding hydrogens is 152 g/mol. The molecule has 2 heteroatoms. The van der Waals surface area contributed by atoms with E-state index in [9.17, 15) is 5.11 Å². The van der Waals surface area contributed by atoms with Crippen molar-refractivity contribution in [2.75, 3.05) is 0 Å². The molecule has 1 aliphatic rings. The molecule has 2 rings (SSSR count). The molecule has 3 atom stereocenters. The van der Waals surface area contributed by atoms with E-state index in [-0.39, 0.29) is 18.3 Å². The van der Waals surface area contributed by atoms with Crippen molar-refractivity contribution in [1.29, 1.82) is 0 Å². The van der Waals surface area contributed by atoms with Crippen molar-refractivity contribution in [3.8, 4) is 0 Å². The van der Waals surface area contributed by atoms with E-state index in [4.69, 9.17) is 4.74 Å². The number of hydrogen-bond acceptors (Lipinski definition) is 2. The molecule has 2 nitrogen and oxygen atoms in total. The van der Waals surface area contributed by atoms with Crippen LogP contribution in [0, 0.1) is 0 Å². The average molecular weight is 164 g/mol. The van der Waals surface area contributed by atoms with Gasteiger partial charge < -0.3 is 9.84 Å². The van der Waals surface area contributed by atoms with Gasteiger partial charge in [-0.25, -0.2) is 0 Å². The first-order valence-corrected chi connectivity index (χ1v) is 4.17. The number of aliphatic hydroxyl groups excluding tert-OH is 1. The molecule has 1 aromatic carbocycles. The molecule has 12 heavy (non-hydrogen) atoms. The van der Waals surface area contributed by atoms with Crippen LogP contribution in [0.15, 0.2) is 30.3 Å². The Morgan fingerprint density at radius 3 is 2.50 bits per heavy atom. The van der Waals surface area contributed by atoms with Crippen LogP contribution < -0.4 is 0 Å². The zero-order valence-electron chi connectivity index (χ0n) is 6.97. The second kappa shape index (κ2) is 2.88. The van der Waals surface area contributed by atoms with Gasteiger partial charge in [0.05, 0.1) is 6.10 Å². The molecule has 1 N–H and O–H groups in total. The van der Waals surface area contributed by atoms with Crippen molar-refractivity contribution in [1.82, 2.24) is 0 Å². The number of aliphatic hydroxyl groups is 1. The predicted octanol–water partition coefficient (Wildman–Crippen LogP) is 1.51. The zero-order valence-corrected chi connectivity index (χ0v) is 6.97. The van der Waals surface area contributed by atoms with Crippen molar-refractivity contribution in [3.05, 3.63) is 35.9 Å². The third-order valence-electron chi connectivity index (χ3n) is 2.13. The van der Waals surface area contributed by atoms with Gasteiger partial charge in [0, 0.05) is 0 Å². The summed E-state index contributed by atoms with van der Waals surface area (Å²) < 4.78 is 5.31. The number of rotatable bonds is 2. The topological polar surface area (TPSA) is 32.8 Å². The van der Waals surface area contributed by atoms with E-state index in [0.29, 0.717) is 0 Å². The molecule has 1 aliphatic heterocycles. The Hall–Kier alpha value is -0.860. The van der Waals surface area contributed by atoms with Gasteiger partial charge in [0.25, 0.3) is 0 Å². The van der Waals surface area contributed by atoms with Crippen molar-refractivity contribution in [3.63, 3.8) is 0 Å². The van der Waals surface area contributed by atoms with Crippen LogP contribution in [0.1, 0.15) is 18.6 Å². The lowest BCUT2D eigenvalue weighted by Crippen LogP contribution is -2.09. The summed E-state index contributed by atoms with van der Waals surface area (Å²) in [4.78, 5) is 0. The molecule has 1 heterocycles. The van der Waals surface area contributed by atoms with Crippen LogP contribution in [0.2, 0.25) is 0 Å². The van der Waals surface area contributed by atoms with Gasteiger partial charge in [-0.2, -0.15) is 0 Å². The molecule has 1 saturated heterocycles. The van der Waals surface area contributed by atoms with Gasteiger partial charge >= 0.3 is 0 Å². The van der Waals surface area contributed by atoms with Crippen LogP contribution in [0.5, 0.6) is 0 Å². The molecule has 0 spiro atoms. The largest absolute Gasteiger partial charge is 0.391 e. The Bertz CT molecular complexity index is 256. The van der Waals surface area contributed by atoms with Crippen molar-refractivity contribution in [2.45, 2.75) is 25.2 Å². The Kier molecular flexibility index (Phi) is 1.87. The summed E-state index contributed by atoms with van der Waals surface area (Å²) in [6.45, 7) is 1.76. The van der Waals surface area contributed by atoms with E-state index >= 15 is 0 Å². The van der Waals surface area contributed by atoms with Gasteiger partial charge in [-0.05, 0) is 12.5 Å². The predicted molar refractivity (Wildman–Crippen MR) is 45.7 cm³/mol. The van der Waals surface area contributed by atoms with Gasteiger partial charge in [-0.1, -0.05) is 30.3 Å². The van der Waals surface area contributed by atoms with E-state index in [1.807, 2.05) is 30.3 Å². The molecule has 0 bridgehead atoms. The summed E-state index contributed by atoms with van der Waals surface area (Å²) in [6, 6.07) is 9.98. The highest BCUT2D eigenvalue weighted by atomic mass is 16.6. The summed E-state index contributed by atoms with van der Waals surface area (Å²) in [5.74, 6) is 0. The maximum absolute atomic E-state index is 9.20. The minimum Gasteiger partial charge on any atom is -0.391 e. The van der Waals surface area contributed by atoms with Gasteiger partial charge in [-0.15, -0.1) is 0 Å². The molecule has 0 saturated carbocycles.